The van der Waals surface area contributed by atoms with Crippen molar-refractivity contribution in [2.75, 3.05) is 47.5 Å². The fourth-order valence-corrected chi connectivity index (χ4v) is 6.97. The van der Waals surface area contributed by atoms with Gasteiger partial charge in [-0.3, -0.25) is 14.2 Å². The number of rotatable bonds is 41. The van der Waals surface area contributed by atoms with E-state index in [-0.39, 0.29) is 32.0 Å². The van der Waals surface area contributed by atoms with Crippen molar-refractivity contribution in [1.29, 1.82) is 0 Å². The number of phosphoric acid groups is 1. The van der Waals surface area contributed by atoms with Gasteiger partial charge in [0.25, 0.3) is 7.82 Å². The molecule has 0 rings (SSSR count). The number of nitrogens with zero attached hydrogens (tertiary/aromatic N) is 1. The van der Waals surface area contributed by atoms with Crippen molar-refractivity contribution in [3.05, 3.63) is 12.2 Å². The Bertz CT molecular complexity index is 938. The highest BCUT2D eigenvalue weighted by Crippen LogP contribution is 2.38. The molecule has 10 heteroatoms. The van der Waals surface area contributed by atoms with Crippen LogP contribution in [0.15, 0.2) is 12.2 Å². The van der Waals surface area contributed by atoms with Crippen LogP contribution in [0.2, 0.25) is 0 Å². The van der Waals surface area contributed by atoms with E-state index in [2.05, 4.69) is 26.0 Å². The fourth-order valence-electron chi connectivity index (χ4n) is 6.24. The van der Waals surface area contributed by atoms with Gasteiger partial charge in [0, 0.05) is 12.8 Å². The van der Waals surface area contributed by atoms with Crippen molar-refractivity contribution >= 4 is 19.8 Å². The maximum atomic E-state index is 12.7. The Morgan fingerprint density at radius 1 is 0.556 bits per heavy atom. The third-order valence-corrected chi connectivity index (χ3v) is 10.7. The zero-order chi connectivity index (χ0) is 40.0. The lowest BCUT2D eigenvalue weighted by Gasteiger charge is -2.28. The highest BCUT2D eigenvalue weighted by Gasteiger charge is 2.21. The summed E-state index contributed by atoms with van der Waals surface area (Å²) >= 11 is 0. The number of esters is 2. The van der Waals surface area contributed by atoms with Gasteiger partial charge in [-0.05, 0) is 38.5 Å². The van der Waals surface area contributed by atoms with Crippen LogP contribution in [0.25, 0.3) is 0 Å². The summed E-state index contributed by atoms with van der Waals surface area (Å²) in [6.07, 6.45) is 38.0. The second-order valence-electron chi connectivity index (χ2n) is 16.4. The minimum Gasteiger partial charge on any atom is -0.756 e. The Morgan fingerprint density at radius 2 is 0.944 bits per heavy atom. The molecule has 320 valence electrons. The van der Waals surface area contributed by atoms with Crippen LogP contribution < -0.4 is 4.89 Å². The van der Waals surface area contributed by atoms with Gasteiger partial charge in [0.1, 0.15) is 19.8 Å². The Morgan fingerprint density at radius 3 is 1.39 bits per heavy atom. The summed E-state index contributed by atoms with van der Waals surface area (Å²) < 4.78 is 33.9. The minimum absolute atomic E-state index is 0.0283. The molecule has 0 radical (unpaired) electrons. The summed E-state index contributed by atoms with van der Waals surface area (Å²) in [5.41, 5.74) is 0. The predicted molar refractivity (Wildman–Crippen MR) is 222 cm³/mol. The molecule has 0 saturated heterocycles. The van der Waals surface area contributed by atoms with Crippen molar-refractivity contribution in [1.82, 2.24) is 0 Å². The van der Waals surface area contributed by atoms with Crippen LogP contribution in [0.1, 0.15) is 206 Å². The van der Waals surface area contributed by atoms with E-state index >= 15 is 0 Å². The number of phosphoric ester groups is 1. The molecule has 0 heterocycles. The molecule has 0 spiro atoms. The first kappa shape index (κ1) is 52.8. The molecule has 0 aromatic carbocycles. The number of hydrogen-bond acceptors (Lipinski definition) is 8. The molecule has 0 N–H and O–H groups in total. The van der Waals surface area contributed by atoms with E-state index in [0.29, 0.717) is 17.4 Å². The van der Waals surface area contributed by atoms with Gasteiger partial charge in [-0.2, -0.15) is 0 Å². The number of allylic oxidation sites excluding steroid dienone is 2. The van der Waals surface area contributed by atoms with E-state index in [9.17, 15) is 19.0 Å². The van der Waals surface area contributed by atoms with Crippen LogP contribution in [0.3, 0.4) is 0 Å². The van der Waals surface area contributed by atoms with Gasteiger partial charge in [0.2, 0.25) is 0 Å². The normalized spacial score (nSPS) is 13.7. The average molecular weight is 788 g/mol. The molecule has 0 saturated carbocycles. The van der Waals surface area contributed by atoms with E-state index in [0.717, 1.165) is 44.9 Å². The molecule has 1 unspecified atom stereocenters. The lowest BCUT2D eigenvalue weighted by atomic mass is 10.0. The van der Waals surface area contributed by atoms with E-state index < -0.39 is 26.5 Å². The third-order valence-electron chi connectivity index (χ3n) is 9.79. The minimum atomic E-state index is -4.62. The molecule has 0 bridgehead atoms. The molecule has 0 fully saturated rings. The van der Waals surface area contributed by atoms with Gasteiger partial charge in [-0.25, -0.2) is 0 Å². The Kier molecular flexibility index (Phi) is 36.5. The summed E-state index contributed by atoms with van der Waals surface area (Å²) in [6.45, 7) is 4.23. The first-order valence-electron chi connectivity index (χ1n) is 22.4. The number of ether oxygens (including phenoxy) is 2. The summed E-state index contributed by atoms with van der Waals surface area (Å²) in [7, 11) is 1.17. The molecule has 2 atom stereocenters. The first-order valence-corrected chi connectivity index (χ1v) is 23.9. The molecule has 0 amide bonds. The average Bonchev–Trinajstić information content (AvgIpc) is 3.12. The van der Waals surface area contributed by atoms with E-state index in [4.69, 9.17) is 18.5 Å². The van der Waals surface area contributed by atoms with Gasteiger partial charge in [-0.15, -0.1) is 0 Å². The van der Waals surface area contributed by atoms with Crippen LogP contribution in [0, 0.1) is 0 Å². The monoisotopic (exact) mass is 788 g/mol. The molecular weight excluding hydrogens is 701 g/mol. The highest BCUT2D eigenvalue weighted by molar-refractivity contribution is 7.45. The molecule has 9 nitrogen and oxygen atoms in total. The van der Waals surface area contributed by atoms with Crippen molar-refractivity contribution in [3.8, 4) is 0 Å². The van der Waals surface area contributed by atoms with Gasteiger partial charge in [0.15, 0.2) is 6.10 Å². The predicted octanol–water partition coefficient (Wildman–Crippen LogP) is 11.9. The van der Waals surface area contributed by atoms with Crippen molar-refractivity contribution in [2.24, 2.45) is 0 Å². The first-order chi connectivity index (χ1) is 26.0. The molecule has 0 aliphatic heterocycles. The molecular formula is C44H86NO8P. The lowest BCUT2D eigenvalue weighted by Crippen LogP contribution is -2.37. The summed E-state index contributed by atoms with van der Waals surface area (Å²) in [5.74, 6) is -0.830. The summed E-state index contributed by atoms with van der Waals surface area (Å²) in [6, 6.07) is 0. The van der Waals surface area contributed by atoms with Crippen LogP contribution in [0.4, 0.5) is 0 Å². The van der Waals surface area contributed by atoms with Crippen molar-refractivity contribution in [2.45, 2.75) is 213 Å². The Labute approximate surface area is 333 Å². The van der Waals surface area contributed by atoms with E-state index in [1.165, 1.54) is 128 Å². The molecule has 0 aliphatic rings. The number of carbonyl (C=O) groups is 2. The van der Waals surface area contributed by atoms with Crippen molar-refractivity contribution < 1.29 is 42.1 Å². The van der Waals surface area contributed by atoms with Crippen LogP contribution in [-0.2, 0) is 32.7 Å². The quantitative estimate of drug-likeness (QED) is 0.0198. The largest absolute Gasteiger partial charge is 0.756 e. The van der Waals surface area contributed by atoms with Crippen LogP contribution >= 0.6 is 7.82 Å². The highest BCUT2D eigenvalue weighted by atomic mass is 31.2. The number of likely N-dealkylation sites (N-methyl/N-ethyl adjacent to an activating group) is 1. The maximum Gasteiger partial charge on any atom is 0.306 e. The zero-order valence-electron chi connectivity index (χ0n) is 35.9. The Hall–Kier alpha value is -1.25. The van der Waals surface area contributed by atoms with Gasteiger partial charge in [-0.1, -0.05) is 167 Å². The summed E-state index contributed by atoms with van der Waals surface area (Å²) in [5, 5.41) is 0. The standard InChI is InChI=1S/C44H86NO8P/c1-6-8-10-12-14-16-18-20-22-24-26-28-30-32-34-36-43(46)50-40-42(41-52-54(48,49)51-39-38-45(3,4)5)53-44(47)37-35-33-31-29-27-25-23-21-19-17-15-13-11-9-7-2/h16,18,42H,6-15,17,19-41H2,1-5H3/b18-16+/t42-/m1/s1. The second kappa shape index (κ2) is 37.3. The smallest absolute Gasteiger partial charge is 0.306 e. The lowest BCUT2D eigenvalue weighted by molar-refractivity contribution is -0.870. The van der Waals surface area contributed by atoms with Crippen LogP contribution in [-0.4, -0.2) is 70.0 Å². The topological polar surface area (TPSA) is 111 Å². The summed E-state index contributed by atoms with van der Waals surface area (Å²) in [4.78, 5) is 37.5. The SMILES string of the molecule is CCCCCC/C=C/CCCCCCCCCC(=O)OC[C@H](COP(=O)([O-])OCC[N+](C)(C)C)OC(=O)CCCCCCCCCCCCCCCCC. The molecule has 0 aromatic rings. The Balaban J connectivity index is 4.33. The number of carbonyl (C=O) groups excluding carboxylic acids is 2. The van der Waals surface area contributed by atoms with Gasteiger partial charge < -0.3 is 27.9 Å². The second-order valence-corrected chi connectivity index (χ2v) is 17.8. The van der Waals surface area contributed by atoms with Gasteiger partial charge in [0.05, 0.1) is 27.7 Å². The van der Waals surface area contributed by atoms with E-state index in [1.807, 2.05) is 21.1 Å². The van der Waals surface area contributed by atoms with Crippen molar-refractivity contribution in [3.63, 3.8) is 0 Å². The fraction of sp³-hybridized carbons (Fsp3) is 0.909. The molecule has 0 aromatic heterocycles. The van der Waals surface area contributed by atoms with Gasteiger partial charge >= 0.3 is 11.9 Å². The number of quaternary nitrogens is 1. The maximum absolute atomic E-state index is 12.7. The number of unbranched alkanes of at least 4 members (excludes halogenated alkanes) is 25. The molecule has 54 heavy (non-hydrogen) atoms. The zero-order valence-corrected chi connectivity index (χ0v) is 36.8. The molecule has 0 aliphatic carbocycles. The number of hydrogen-bond donors (Lipinski definition) is 0. The van der Waals surface area contributed by atoms with E-state index in [1.54, 1.807) is 0 Å². The third kappa shape index (κ3) is 40.4. The van der Waals surface area contributed by atoms with Crippen LogP contribution in [0.5, 0.6) is 0 Å².